The molecule has 98 valence electrons. The summed E-state index contributed by atoms with van der Waals surface area (Å²) in [4.78, 5) is 2.58. The van der Waals surface area contributed by atoms with Gasteiger partial charge in [-0.1, -0.05) is 27.2 Å². The van der Waals surface area contributed by atoms with Crippen LogP contribution in [-0.4, -0.2) is 24.0 Å². The fraction of sp³-hybridized carbons (Fsp3) is 0.933. The predicted molar refractivity (Wildman–Crippen MR) is 72.7 cm³/mol. The maximum atomic E-state index is 9.33. The third-order valence-corrected chi connectivity index (χ3v) is 4.16. The van der Waals surface area contributed by atoms with Gasteiger partial charge in [-0.05, 0) is 51.1 Å². The highest BCUT2D eigenvalue weighted by molar-refractivity contribution is 4.97. The monoisotopic (exact) mass is 236 g/mol. The molecule has 0 saturated heterocycles. The summed E-state index contributed by atoms with van der Waals surface area (Å²) in [5, 5.41) is 9.33. The smallest absolute Gasteiger partial charge is 0.0672 e. The van der Waals surface area contributed by atoms with E-state index in [2.05, 4.69) is 31.7 Å². The van der Waals surface area contributed by atoms with Gasteiger partial charge >= 0.3 is 0 Å². The van der Waals surface area contributed by atoms with Crippen molar-refractivity contribution in [1.29, 1.82) is 5.26 Å². The Labute approximate surface area is 107 Å². The molecule has 1 rings (SSSR count). The van der Waals surface area contributed by atoms with Crippen LogP contribution < -0.4 is 0 Å². The number of hydrogen-bond acceptors (Lipinski definition) is 2. The van der Waals surface area contributed by atoms with Crippen molar-refractivity contribution in [1.82, 2.24) is 4.90 Å². The van der Waals surface area contributed by atoms with Crippen LogP contribution in [0, 0.1) is 23.2 Å². The van der Waals surface area contributed by atoms with Gasteiger partial charge in [-0.3, -0.25) is 4.90 Å². The van der Waals surface area contributed by atoms with E-state index in [-0.39, 0.29) is 5.92 Å². The molecule has 2 heteroatoms. The lowest BCUT2D eigenvalue weighted by Gasteiger charge is -2.40. The molecule has 1 fully saturated rings. The van der Waals surface area contributed by atoms with Gasteiger partial charge in [0.25, 0.3) is 0 Å². The van der Waals surface area contributed by atoms with Crippen LogP contribution in [0.4, 0.5) is 0 Å². The van der Waals surface area contributed by atoms with E-state index in [4.69, 9.17) is 0 Å². The Morgan fingerprint density at radius 2 is 1.76 bits per heavy atom. The fourth-order valence-corrected chi connectivity index (χ4v) is 3.17. The van der Waals surface area contributed by atoms with E-state index >= 15 is 0 Å². The molecule has 2 nitrogen and oxygen atoms in total. The van der Waals surface area contributed by atoms with Crippen LogP contribution >= 0.6 is 0 Å². The van der Waals surface area contributed by atoms with Gasteiger partial charge in [0.05, 0.1) is 12.0 Å². The van der Waals surface area contributed by atoms with Gasteiger partial charge < -0.3 is 0 Å². The number of nitriles is 1. The van der Waals surface area contributed by atoms with Crippen molar-refractivity contribution in [3.8, 4) is 6.07 Å². The lowest BCUT2D eigenvalue weighted by atomic mass is 9.77. The van der Waals surface area contributed by atoms with Crippen LogP contribution in [0.25, 0.3) is 0 Å². The van der Waals surface area contributed by atoms with Gasteiger partial charge in [-0.25, -0.2) is 0 Å². The van der Waals surface area contributed by atoms with E-state index in [1.54, 1.807) is 0 Å². The highest BCUT2D eigenvalue weighted by Gasteiger charge is 2.33. The molecule has 0 bridgehead atoms. The number of nitrogens with zero attached hydrogens (tertiary/aromatic N) is 2. The van der Waals surface area contributed by atoms with Gasteiger partial charge in [-0.2, -0.15) is 5.26 Å². The van der Waals surface area contributed by atoms with Crippen LogP contribution in [0.5, 0.6) is 0 Å². The Morgan fingerprint density at radius 3 is 2.24 bits per heavy atom. The summed E-state index contributed by atoms with van der Waals surface area (Å²) < 4.78 is 0. The summed E-state index contributed by atoms with van der Waals surface area (Å²) in [6, 6.07) is 3.08. The van der Waals surface area contributed by atoms with E-state index in [1.165, 1.54) is 32.1 Å². The van der Waals surface area contributed by atoms with E-state index in [0.717, 1.165) is 25.4 Å². The van der Waals surface area contributed by atoms with Crippen molar-refractivity contribution >= 4 is 0 Å². The molecule has 1 aliphatic rings. The zero-order valence-electron chi connectivity index (χ0n) is 11.8. The molecule has 0 aromatic rings. The molecule has 17 heavy (non-hydrogen) atoms. The first kappa shape index (κ1) is 14.5. The summed E-state index contributed by atoms with van der Waals surface area (Å²) >= 11 is 0. The average molecular weight is 236 g/mol. The topological polar surface area (TPSA) is 27.0 Å². The lowest BCUT2D eigenvalue weighted by Crippen LogP contribution is -2.44. The molecule has 0 aliphatic heterocycles. The van der Waals surface area contributed by atoms with Crippen molar-refractivity contribution in [3.05, 3.63) is 0 Å². The predicted octanol–water partition coefficient (Wildman–Crippen LogP) is 3.83. The molecule has 0 heterocycles. The molecule has 0 spiro atoms. The number of hydrogen-bond donors (Lipinski definition) is 0. The Morgan fingerprint density at radius 1 is 1.12 bits per heavy atom. The second kappa shape index (κ2) is 7.71. The third-order valence-electron chi connectivity index (χ3n) is 4.16. The second-order valence-electron chi connectivity index (χ2n) is 5.43. The van der Waals surface area contributed by atoms with Gasteiger partial charge in [0, 0.05) is 6.04 Å². The maximum Gasteiger partial charge on any atom is 0.0672 e. The average Bonchev–Trinajstić information content (AvgIpc) is 2.37. The summed E-state index contributed by atoms with van der Waals surface area (Å²) in [5.41, 5.74) is 0. The van der Waals surface area contributed by atoms with Crippen LogP contribution in [0.2, 0.25) is 0 Å². The molecule has 1 aliphatic carbocycles. The highest BCUT2D eigenvalue weighted by Crippen LogP contribution is 2.33. The largest absolute Gasteiger partial charge is 0.299 e. The van der Waals surface area contributed by atoms with Crippen molar-refractivity contribution in [2.45, 2.75) is 65.3 Å². The van der Waals surface area contributed by atoms with Crippen molar-refractivity contribution in [2.24, 2.45) is 11.8 Å². The zero-order chi connectivity index (χ0) is 12.7. The molecule has 3 unspecified atom stereocenters. The molecule has 0 amide bonds. The lowest BCUT2D eigenvalue weighted by molar-refractivity contribution is 0.0992. The standard InChI is InChI=1S/C15H28N2/c1-4-9-17(10-5-2)15-11-13(6-3)7-8-14(15)12-16/h13-15H,4-11H2,1-3H3. The van der Waals surface area contributed by atoms with E-state index in [1.807, 2.05) is 0 Å². The number of rotatable bonds is 6. The zero-order valence-corrected chi connectivity index (χ0v) is 11.8. The van der Waals surface area contributed by atoms with E-state index in [0.29, 0.717) is 6.04 Å². The van der Waals surface area contributed by atoms with E-state index in [9.17, 15) is 5.26 Å². The van der Waals surface area contributed by atoms with Gasteiger partial charge in [0.2, 0.25) is 0 Å². The Kier molecular flexibility index (Phi) is 6.58. The Balaban J connectivity index is 2.68. The minimum Gasteiger partial charge on any atom is -0.299 e. The van der Waals surface area contributed by atoms with Crippen molar-refractivity contribution < 1.29 is 0 Å². The maximum absolute atomic E-state index is 9.33. The third kappa shape index (κ3) is 4.00. The van der Waals surface area contributed by atoms with Gasteiger partial charge in [0.1, 0.15) is 0 Å². The molecular formula is C15H28N2. The normalized spacial score (nSPS) is 29.2. The van der Waals surface area contributed by atoms with Crippen LogP contribution in [-0.2, 0) is 0 Å². The van der Waals surface area contributed by atoms with Gasteiger partial charge in [-0.15, -0.1) is 0 Å². The highest BCUT2D eigenvalue weighted by atomic mass is 15.2. The summed E-state index contributed by atoms with van der Waals surface area (Å²) in [7, 11) is 0. The SMILES string of the molecule is CCCN(CCC)C1CC(CC)CCC1C#N. The molecule has 3 atom stereocenters. The second-order valence-corrected chi connectivity index (χ2v) is 5.43. The Bertz CT molecular complexity index is 238. The molecule has 0 radical (unpaired) electrons. The summed E-state index contributed by atoms with van der Waals surface area (Å²) in [6.45, 7) is 9.09. The minimum atomic E-state index is 0.274. The summed E-state index contributed by atoms with van der Waals surface area (Å²) in [6.07, 6.45) is 7.30. The van der Waals surface area contributed by atoms with Crippen LogP contribution in [0.3, 0.4) is 0 Å². The molecule has 0 N–H and O–H groups in total. The first-order chi connectivity index (χ1) is 8.26. The molecule has 0 aromatic carbocycles. The molecule has 0 aromatic heterocycles. The van der Waals surface area contributed by atoms with E-state index < -0.39 is 0 Å². The van der Waals surface area contributed by atoms with Crippen molar-refractivity contribution in [2.75, 3.05) is 13.1 Å². The first-order valence-corrected chi connectivity index (χ1v) is 7.40. The first-order valence-electron chi connectivity index (χ1n) is 7.40. The van der Waals surface area contributed by atoms with Gasteiger partial charge in [0.15, 0.2) is 0 Å². The van der Waals surface area contributed by atoms with Crippen LogP contribution in [0.15, 0.2) is 0 Å². The molecular weight excluding hydrogens is 208 g/mol. The minimum absolute atomic E-state index is 0.274. The quantitative estimate of drug-likeness (QED) is 0.701. The van der Waals surface area contributed by atoms with Crippen molar-refractivity contribution in [3.63, 3.8) is 0 Å². The fourth-order valence-electron chi connectivity index (χ4n) is 3.17. The van der Waals surface area contributed by atoms with Crippen LogP contribution in [0.1, 0.15) is 59.3 Å². The Hall–Kier alpha value is -0.550. The summed E-state index contributed by atoms with van der Waals surface area (Å²) in [5.74, 6) is 1.12. The molecule has 1 saturated carbocycles.